The van der Waals surface area contributed by atoms with Crippen molar-refractivity contribution < 1.29 is 4.39 Å². The molecule has 0 aliphatic carbocycles. The van der Waals surface area contributed by atoms with E-state index in [1.165, 1.54) is 6.07 Å². The van der Waals surface area contributed by atoms with Crippen LogP contribution in [0.1, 0.15) is 6.42 Å². The van der Waals surface area contributed by atoms with Gasteiger partial charge in [0.05, 0.1) is 5.02 Å². The van der Waals surface area contributed by atoms with Gasteiger partial charge in [-0.25, -0.2) is 4.39 Å². The van der Waals surface area contributed by atoms with Crippen LogP contribution in [-0.4, -0.2) is 38.1 Å². The lowest BCUT2D eigenvalue weighted by molar-refractivity contribution is 0.315. The van der Waals surface area contributed by atoms with Gasteiger partial charge >= 0.3 is 0 Å². The lowest BCUT2D eigenvalue weighted by Gasteiger charge is -2.22. The third-order valence-corrected chi connectivity index (χ3v) is 3.45. The molecular weight excluding hydrogens is 227 g/mol. The minimum Gasteiger partial charge on any atom is -0.370 e. The average molecular weight is 243 g/mol. The molecule has 1 fully saturated rings. The Morgan fingerprint density at radius 2 is 2.19 bits per heavy atom. The normalized spacial score (nSPS) is 20.8. The molecule has 2 nitrogen and oxygen atoms in total. The molecule has 1 aromatic rings. The summed E-state index contributed by atoms with van der Waals surface area (Å²) in [5.41, 5.74) is 1.01. The van der Waals surface area contributed by atoms with E-state index in [-0.39, 0.29) is 10.8 Å². The van der Waals surface area contributed by atoms with Gasteiger partial charge in [-0.2, -0.15) is 0 Å². The molecule has 0 radical (unpaired) electrons. The highest BCUT2D eigenvalue weighted by molar-refractivity contribution is 6.31. The molecule has 0 spiro atoms. The second-order valence-electron chi connectivity index (χ2n) is 4.45. The van der Waals surface area contributed by atoms with Crippen molar-refractivity contribution in [3.63, 3.8) is 0 Å². The standard InChI is InChI=1S/C12H16ClFN2/c1-15(2)10-5-6-16(8-10)9-3-4-12(14)11(13)7-9/h3-4,7,10H,5-6,8H2,1-2H3/t10-/m0/s1. The van der Waals surface area contributed by atoms with E-state index >= 15 is 0 Å². The van der Waals surface area contributed by atoms with Crippen LogP contribution in [0.4, 0.5) is 10.1 Å². The zero-order chi connectivity index (χ0) is 11.7. The highest BCUT2D eigenvalue weighted by atomic mass is 35.5. The zero-order valence-electron chi connectivity index (χ0n) is 9.58. The lowest BCUT2D eigenvalue weighted by atomic mass is 10.2. The van der Waals surface area contributed by atoms with Gasteiger partial charge in [-0.3, -0.25) is 0 Å². The maximum atomic E-state index is 13.0. The predicted molar refractivity (Wildman–Crippen MR) is 65.7 cm³/mol. The van der Waals surface area contributed by atoms with E-state index in [4.69, 9.17) is 11.6 Å². The maximum absolute atomic E-state index is 13.0. The van der Waals surface area contributed by atoms with Crippen LogP contribution in [0.25, 0.3) is 0 Å². The van der Waals surface area contributed by atoms with E-state index in [0.717, 1.165) is 25.2 Å². The third kappa shape index (κ3) is 2.30. The summed E-state index contributed by atoms with van der Waals surface area (Å²) in [6, 6.07) is 5.50. The van der Waals surface area contributed by atoms with Crippen molar-refractivity contribution in [1.82, 2.24) is 4.90 Å². The molecule has 1 aliphatic rings. The Hall–Kier alpha value is -0.800. The topological polar surface area (TPSA) is 6.48 Å². The number of likely N-dealkylation sites (N-methyl/N-ethyl adjacent to an activating group) is 1. The molecule has 4 heteroatoms. The van der Waals surface area contributed by atoms with Crippen LogP contribution >= 0.6 is 11.6 Å². The Balaban J connectivity index is 2.11. The van der Waals surface area contributed by atoms with Gasteiger partial charge in [-0.15, -0.1) is 0 Å². The summed E-state index contributed by atoms with van der Waals surface area (Å²) in [5, 5.41) is 0.200. The summed E-state index contributed by atoms with van der Waals surface area (Å²) in [7, 11) is 4.18. The van der Waals surface area contributed by atoms with Crippen molar-refractivity contribution in [2.45, 2.75) is 12.5 Å². The fourth-order valence-electron chi connectivity index (χ4n) is 2.08. The Morgan fingerprint density at radius 3 is 2.75 bits per heavy atom. The number of benzene rings is 1. The van der Waals surface area contributed by atoms with E-state index in [1.807, 2.05) is 0 Å². The first-order chi connectivity index (χ1) is 7.58. The molecule has 0 saturated carbocycles. The number of rotatable bonds is 2. The van der Waals surface area contributed by atoms with Gasteiger partial charge in [-0.1, -0.05) is 11.6 Å². The first-order valence-electron chi connectivity index (χ1n) is 5.44. The van der Waals surface area contributed by atoms with Gasteiger partial charge in [0.25, 0.3) is 0 Å². The molecule has 0 aromatic heterocycles. The molecule has 2 rings (SSSR count). The largest absolute Gasteiger partial charge is 0.370 e. The monoisotopic (exact) mass is 242 g/mol. The average Bonchev–Trinajstić information content (AvgIpc) is 2.71. The molecule has 1 saturated heterocycles. The van der Waals surface area contributed by atoms with Gasteiger partial charge in [0.15, 0.2) is 0 Å². The minimum absolute atomic E-state index is 0.200. The number of halogens is 2. The first kappa shape index (κ1) is 11.7. The Bertz CT molecular complexity index is 381. The van der Waals surface area contributed by atoms with Crippen LogP contribution in [0.2, 0.25) is 5.02 Å². The van der Waals surface area contributed by atoms with E-state index in [9.17, 15) is 4.39 Å². The quantitative estimate of drug-likeness (QED) is 0.787. The number of hydrogen-bond donors (Lipinski definition) is 0. The lowest BCUT2D eigenvalue weighted by Crippen LogP contribution is -2.31. The van der Waals surface area contributed by atoms with Gasteiger partial charge < -0.3 is 9.80 Å². The zero-order valence-corrected chi connectivity index (χ0v) is 10.3. The smallest absolute Gasteiger partial charge is 0.141 e. The van der Waals surface area contributed by atoms with E-state index in [0.29, 0.717) is 6.04 Å². The fourth-order valence-corrected chi connectivity index (χ4v) is 2.25. The summed E-state index contributed by atoms with van der Waals surface area (Å²) in [6.07, 6.45) is 1.14. The second kappa shape index (κ2) is 4.60. The van der Waals surface area contributed by atoms with E-state index in [2.05, 4.69) is 23.9 Å². The molecule has 1 aliphatic heterocycles. The van der Waals surface area contributed by atoms with Crippen molar-refractivity contribution >= 4 is 17.3 Å². The number of hydrogen-bond acceptors (Lipinski definition) is 2. The molecule has 16 heavy (non-hydrogen) atoms. The number of nitrogens with zero attached hydrogens (tertiary/aromatic N) is 2. The Kier molecular flexibility index (Phi) is 3.36. The van der Waals surface area contributed by atoms with Gasteiger partial charge in [0.1, 0.15) is 5.82 Å². The Morgan fingerprint density at radius 1 is 1.44 bits per heavy atom. The van der Waals surface area contributed by atoms with Crippen LogP contribution in [0.3, 0.4) is 0 Å². The molecule has 1 heterocycles. The van der Waals surface area contributed by atoms with Crippen LogP contribution in [-0.2, 0) is 0 Å². The van der Waals surface area contributed by atoms with E-state index < -0.39 is 0 Å². The van der Waals surface area contributed by atoms with Crippen LogP contribution in [0.5, 0.6) is 0 Å². The third-order valence-electron chi connectivity index (χ3n) is 3.16. The van der Waals surface area contributed by atoms with Crippen molar-refractivity contribution in [2.24, 2.45) is 0 Å². The molecular formula is C12H16ClFN2. The SMILES string of the molecule is CN(C)[C@H]1CCN(c2ccc(F)c(Cl)c2)C1. The molecule has 0 unspecified atom stereocenters. The first-order valence-corrected chi connectivity index (χ1v) is 5.82. The van der Waals surface area contributed by atoms with Crippen LogP contribution in [0.15, 0.2) is 18.2 Å². The fraction of sp³-hybridized carbons (Fsp3) is 0.500. The second-order valence-corrected chi connectivity index (χ2v) is 4.86. The van der Waals surface area contributed by atoms with Crippen molar-refractivity contribution in [3.05, 3.63) is 29.0 Å². The van der Waals surface area contributed by atoms with Gasteiger partial charge in [-0.05, 0) is 38.7 Å². The predicted octanol–water partition coefficient (Wildman–Crippen LogP) is 2.62. The Labute approximate surface area is 101 Å². The maximum Gasteiger partial charge on any atom is 0.141 e. The highest BCUT2D eigenvalue weighted by Gasteiger charge is 2.24. The van der Waals surface area contributed by atoms with Gasteiger partial charge in [0, 0.05) is 24.8 Å². The molecule has 1 aromatic carbocycles. The van der Waals surface area contributed by atoms with Gasteiger partial charge in [0.2, 0.25) is 0 Å². The highest BCUT2D eigenvalue weighted by Crippen LogP contribution is 2.26. The summed E-state index contributed by atoms with van der Waals surface area (Å²) in [5.74, 6) is -0.353. The summed E-state index contributed by atoms with van der Waals surface area (Å²) >= 11 is 5.78. The van der Waals surface area contributed by atoms with Crippen LogP contribution < -0.4 is 4.90 Å². The van der Waals surface area contributed by atoms with Crippen molar-refractivity contribution in [1.29, 1.82) is 0 Å². The molecule has 0 bridgehead atoms. The molecule has 0 N–H and O–H groups in total. The van der Waals surface area contributed by atoms with E-state index in [1.54, 1.807) is 12.1 Å². The number of anilines is 1. The van der Waals surface area contributed by atoms with Crippen molar-refractivity contribution in [2.75, 3.05) is 32.1 Å². The summed E-state index contributed by atoms with van der Waals surface area (Å²) in [4.78, 5) is 4.47. The minimum atomic E-state index is -0.353. The molecule has 0 amide bonds. The van der Waals surface area contributed by atoms with Crippen molar-refractivity contribution in [3.8, 4) is 0 Å². The summed E-state index contributed by atoms with van der Waals surface area (Å²) in [6.45, 7) is 1.99. The van der Waals surface area contributed by atoms with Crippen LogP contribution in [0, 0.1) is 5.82 Å². The molecule has 88 valence electrons. The summed E-state index contributed by atoms with van der Waals surface area (Å²) < 4.78 is 13.0. The molecule has 1 atom stereocenters.